The maximum Gasteiger partial charge on any atom is 0.305 e. The number of benzene rings is 5. The molecule has 7 heteroatoms. The molecule has 224 valence electrons. The van der Waals surface area contributed by atoms with Crippen LogP contribution in [0.15, 0.2) is 121 Å². The van der Waals surface area contributed by atoms with Gasteiger partial charge in [-0.05, 0) is 57.6 Å². The fraction of sp³-hybridized carbons (Fsp3) is 0.132. The van der Waals surface area contributed by atoms with E-state index in [9.17, 15) is 19.5 Å². The lowest BCUT2D eigenvalue weighted by Crippen LogP contribution is -2.35. The topological polar surface area (TPSA) is 102 Å². The van der Waals surface area contributed by atoms with Crippen molar-refractivity contribution in [1.82, 2.24) is 15.2 Å². The van der Waals surface area contributed by atoms with Crippen molar-refractivity contribution in [1.29, 1.82) is 0 Å². The molecule has 0 fully saturated rings. The fourth-order valence-electron chi connectivity index (χ4n) is 5.85. The number of carbonyl (C=O) groups is 3. The minimum atomic E-state index is -0.971. The summed E-state index contributed by atoms with van der Waals surface area (Å²) in [6.45, 7) is 0.763. The molecule has 3 N–H and O–H groups in total. The summed E-state index contributed by atoms with van der Waals surface area (Å²) in [5.74, 6) is -1.50. The van der Waals surface area contributed by atoms with Crippen molar-refractivity contribution in [2.24, 2.45) is 0 Å². The zero-order valence-corrected chi connectivity index (χ0v) is 24.7. The van der Waals surface area contributed by atoms with Crippen molar-refractivity contribution in [3.05, 3.63) is 144 Å². The number of nitrogens with zero attached hydrogens (tertiary/aromatic N) is 1. The Hall–Kier alpha value is -5.69. The number of carboxylic acid groups (broad SMARTS) is 1. The molecule has 45 heavy (non-hydrogen) atoms. The molecule has 1 heterocycles. The summed E-state index contributed by atoms with van der Waals surface area (Å²) in [6.07, 6.45) is 2.32. The zero-order chi connectivity index (χ0) is 31.2. The first-order valence-electron chi connectivity index (χ1n) is 15.0. The van der Waals surface area contributed by atoms with Gasteiger partial charge in [0.2, 0.25) is 0 Å². The van der Waals surface area contributed by atoms with E-state index in [2.05, 4.69) is 10.3 Å². The summed E-state index contributed by atoms with van der Waals surface area (Å²) < 4.78 is 0. The molecule has 0 radical (unpaired) electrons. The molecule has 0 unspecified atom stereocenters. The Morgan fingerprint density at radius 3 is 2.11 bits per heavy atom. The molecule has 0 aliphatic rings. The van der Waals surface area contributed by atoms with E-state index in [1.807, 2.05) is 97.2 Å². The summed E-state index contributed by atoms with van der Waals surface area (Å²) in [6, 6.07) is 36.5. The zero-order valence-electron chi connectivity index (χ0n) is 24.7. The van der Waals surface area contributed by atoms with Crippen LogP contribution in [0.1, 0.15) is 38.3 Å². The standard InChI is InChI=1S/C38H33N3O4/c42-36(43)21-23-41(22-20-28-24-39-35-19-8-7-14-30(28)35)38(45)34-18-6-4-16-32(34)31-15-3-5-17-33(31)37(44)40-25-27-12-9-11-26-10-1-2-13-29(26)27/h1-19,24,39H,20-23,25H2,(H,40,44)(H,42,43). The smallest absolute Gasteiger partial charge is 0.305 e. The molecule has 6 rings (SSSR count). The van der Waals surface area contributed by atoms with Crippen LogP contribution in [0.5, 0.6) is 0 Å². The van der Waals surface area contributed by atoms with Crippen molar-refractivity contribution in [2.75, 3.05) is 13.1 Å². The van der Waals surface area contributed by atoms with Gasteiger partial charge in [0, 0.05) is 47.9 Å². The van der Waals surface area contributed by atoms with Gasteiger partial charge in [-0.15, -0.1) is 0 Å². The third kappa shape index (κ3) is 6.48. The number of fused-ring (bicyclic) bond motifs is 2. The molecule has 6 aromatic rings. The number of H-pyrrole nitrogens is 1. The first-order chi connectivity index (χ1) is 22.0. The van der Waals surface area contributed by atoms with E-state index in [4.69, 9.17) is 0 Å². The van der Waals surface area contributed by atoms with E-state index in [-0.39, 0.29) is 24.8 Å². The molecule has 0 atom stereocenters. The maximum absolute atomic E-state index is 14.1. The lowest BCUT2D eigenvalue weighted by Gasteiger charge is -2.24. The molecule has 0 saturated carbocycles. The highest BCUT2D eigenvalue weighted by molar-refractivity contribution is 6.06. The lowest BCUT2D eigenvalue weighted by atomic mass is 9.94. The van der Waals surface area contributed by atoms with Gasteiger partial charge in [-0.25, -0.2) is 0 Å². The third-order valence-electron chi connectivity index (χ3n) is 8.15. The second kappa shape index (κ2) is 13.3. The van der Waals surface area contributed by atoms with Crippen molar-refractivity contribution >= 4 is 39.5 Å². The second-order valence-electron chi connectivity index (χ2n) is 11.0. The molecule has 5 aromatic carbocycles. The van der Waals surface area contributed by atoms with Crippen molar-refractivity contribution in [2.45, 2.75) is 19.4 Å². The normalized spacial score (nSPS) is 11.0. The van der Waals surface area contributed by atoms with Gasteiger partial charge in [0.05, 0.1) is 6.42 Å². The average Bonchev–Trinajstić information content (AvgIpc) is 3.50. The van der Waals surface area contributed by atoms with Gasteiger partial charge in [0.25, 0.3) is 11.8 Å². The summed E-state index contributed by atoms with van der Waals surface area (Å²) in [4.78, 5) is 44.1. The van der Waals surface area contributed by atoms with Gasteiger partial charge in [0.1, 0.15) is 0 Å². The average molecular weight is 596 g/mol. The number of para-hydroxylation sites is 1. The minimum absolute atomic E-state index is 0.0675. The number of aromatic amines is 1. The van der Waals surface area contributed by atoms with E-state index < -0.39 is 5.97 Å². The van der Waals surface area contributed by atoms with E-state index in [1.54, 1.807) is 29.2 Å². The molecule has 0 spiro atoms. The number of aromatic nitrogens is 1. The number of hydrogen-bond donors (Lipinski definition) is 3. The molecule has 0 saturated heterocycles. The number of rotatable bonds is 11. The van der Waals surface area contributed by atoms with E-state index in [0.717, 1.165) is 32.8 Å². The molecule has 0 bridgehead atoms. The van der Waals surface area contributed by atoms with Crippen LogP contribution >= 0.6 is 0 Å². The summed E-state index contributed by atoms with van der Waals surface area (Å²) in [5.41, 5.74) is 5.19. The Kier molecular flexibility index (Phi) is 8.69. The van der Waals surface area contributed by atoms with E-state index in [1.165, 1.54) is 0 Å². The third-order valence-corrected chi connectivity index (χ3v) is 8.15. The molecule has 1 aromatic heterocycles. The Labute approximate surface area is 261 Å². The predicted molar refractivity (Wildman–Crippen MR) is 177 cm³/mol. The highest BCUT2D eigenvalue weighted by Gasteiger charge is 2.23. The Morgan fingerprint density at radius 1 is 0.667 bits per heavy atom. The number of aliphatic carboxylic acids is 1. The van der Waals surface area contributed by atoms with Crippen LogP contribution in [0.25, 0.3) is 32.8 Å². The second-order valence-corrected chi connectivity index (χ2v) is 11.0. The molecular formula is C38H33N3O4. The monoisotopic (exact) mass is 595 g/mol. The van der Waals surface area contributed by atoms with Crippen LogP contribution in [0.4, 0.5) is 0 Å². The number of carbonyl (C=O) groups excluding carboxylic acids is 2. The lowest BCUT2D eigenvalue weighted by molar-refractivity contribution is -0.137. The predicted octanol–water partition coefficient (Wildman–Crippen LogP) is 7.08. The van der Waals surface area contributed by atoms with Crippen molar-refractivity contribution in [3.8, 4) is 11.1 Å². The number of hydrogen-bond acceptors (Lipinski definition) is 3. The first kappa shape index (κ1) is 29.4. The fourth-order valence-corrected chi connectivity index (χ4v) is 5.85. The molecule has 0 aliphatic carbocycles. The van der Waals surface area contributed by atoms with Crippen LogP contribution in [-0.2, 0) is 17.8 Å². The van der Waals surface area contributed by atoms with Crippen molar-refractivity contribution < 1.29 is 19.5 Å². The quantitative estimate of drug-likeness (QED) is 0.149. The Bertz CT molecular complexity index is 2010. The van der Waals surface area contributed by atoms with E-state index >= 15 is 0 Å². The number of carboxylic acids is 1. The van der Waals surface area contributed by atoms with Gasteiger partial charge in [-0.1, -0.05) is 97.1 Å². The van der Waals surface area contributed by atoms with Crippen LogP contribution in [0.2, 0.25) is 0 Å². The number of amides is 2. The summed E-state index contributed by atoms with van der Waals surface area (Å²) in [5, 5.41) is 15.8. The van der Waals surface area contributed by atoms with Crippen LogP contribution in [0.3, 0.4) is 0 Å². The Morgan fingerprint density at radius 2 is 1.31 bits per heavy atom. The maximum atomic E-state index is 14.1. The summed E-state index contributed by atoms with van der Waals surface area (Å²) in [7, 11) is 0. The van der Waals surface area contributed by atoms with Gasteiger partial charge in [-0.2, -0.15) is 0 Å². The molecule has 2 amide bonds. The molecular weight excluding hydrogens is 562 g/mol. The highest BCUT2D eigenvalue weighted by atomic mass is 16.4. The largest absolute Gasteiger partial charge is 0.481 e. The molecule has 0 aliphatic heterocycles. The molecule has 7 nitrogen and oxygen atoms in total. The van der Waals surface area contributed by atoms with Crippen LogP contribution in [0, 0.1) is 0 Å². The minimum Gasteiger partial charge on any atom is -0.481 e. The number of nitrogens with one attached hydrogen (secondary N) is 2. The summed E-state index contributed by atoms with van der Waals surface area (Å²) >= 11 is 0. The van der Waals surface area contributed by atoms with Crippen LogP contribution in [-0.4, -0.2) is 45.9 Å². The van der Waals surface area contributed by atoms with Gasteiger partial charge in [-0.3, -0.25) is 14.4 Å². The van der Waals surface area contributed by atoms with Crippen molar-refractivity contribution in [3.63, 3.8) is 0 Å². The van der Waals surface area contributed by atoms with Crippen LogP contribution < -0.4 is 5.32 Å². The highest BCUT2D eigenvalue weighted by Crippen LogP contribution is 2.29. The van der Waals surface area contributed by atoms with Gasteiger partial charge >= 0.3 is 5.97 Å². The SMILES string of the molecule is O=C(O)CCN(CCc1c[nH]c2ccccc12)C(=O)c1ccccc1-c1ccccc1C(=O)NCc1cccc2ccccc12. The van der Waals surface area contributed by atoms with Gasteiger partial charge in [0.15, 0.2) is 0 Å². The van der Waals surface area contributed by atoms with E-state index in [0.29, 0.717) is 41.8 Å². The van der Waals surface area contributed by atoms with Gasteiger partial charge < -0.3 is 20.3 Å². The Balaban J connectivity index is 1.26. The first-order valence-corrected chi connectivity index (χ1v) is 15.0.